The highest BCUT2D eigenvalue weighted by molar-refractivity contribution is 6.00. The summed E-state index contributed by atoms with van der Waals surface area (Å²) < 4.78 is 18.9. The Morgan fingerprint density at radius 3 is 2.71 bits per heavy atom. The fraction of sp³-hybridized carbons (Fsp3) is 0.389. The Morgan fingerprint density at radius 2 is 2.04 bits per heavy atom. The molecule has 0 spiro atoms. The van der Waals surface area contributed by atoms with Crippen LogP contribution in [0.3, 0.4) is 0 Å². The first-order valence-corrected chi connectivity index (χ1v) is 8.00. The van der Waals surface area contributed by atoms with Crippen LogP contribution in [-0.2, 0) is 0 Å². The van der Waals surface area contributed by atoms with E-state index in [1.54, 1.807) is 30.9 Å². The molecule has 1 saturated heterocycles. The molecule has 0 radical (unpaired) electrons. The summed E-state index contributed by atoms with van der Waals surface area (Å²) in [6.07, 6.45) is 1.36. The van der Waals surface area contributed by atoms with Crippen LogP contribution in [0.4, 0.5) is 4.39 Å². The average molecular weight is 330 g/mol. The van der Waals surface area contributed by atoms with Crippen molar-refractivity contribution in [2.75, 3.05) is 13.1 Å². The van der Waals surface area contributed by atoms with Crippen molar-refractivity contribution < 1.29 is 18.5 Å². The van der Waals surface area contributed by atoms with Gasteiger partial charge in [-0.25, -0.2) is 4.39 Å². The topological polar surface area (TPSA) is 63.4 Å². The predicted molar refractivity (Wildman–Crippen MR) is 85.3 cm³/mol. The van der Waals surface area contributed by atoms with E-state index in [0.29, 0.717) is 36.4 Å². The third-order valence-electron chi connectivity index (χ3n) is 4.47. The highest BCUT2D eigenvalue weighted by Gasteiger charge is 2.32. The van der Waals surface area contributed by atoms with Crippen LogP contribution in [0.25, 0.3) is 0 Å². The maximum atomic E-state index is 13.9. The number of aromatic nitrogens is 1. The number of amides is 1. The number of hydrogen-bond acceptors (Lipinski definition) is 4. The normalized spacial score (nSPS) is 17.8. The monoisotopic (exact) mass is 330 g/mol. The number of likely N-dealkylation sites (tertiary alicyclic amines) is 1. The molecule has 126 valence electrons. The van der Waals surface area contributed by atoms with Gasteiger partial charge in [0.15, 0.2) is 5.78 Å². The Bertz CT molecular complexity index is 765. The van der Waals surface area contributed by atoms with Crippen LogP contribution in [-0.4, -0.2) is 34.8 Å². The van der Waals surface area contributed by atoms with E-state index < -0.39 is 5.82 Å². The van der Waals surface area contributed by atoms with Crippen molar-refractivity contribution >= 4 is 11.7 Å². The second-order valence-electron chi connectivity index (χ2n) is 6.13. The molecular formula is C18H19FN2O3. The number of Topliss-reactive ketones (excluding diaryl/α,β-unsaturated/α-hetero) is 1. The van der Waals surface area contributed by atoms with Gasteiger partial charge in [-0.05, 0) is 38.8 Å². The summed E-state index contributed by atoms with van der Waals surface area (Å²) in [6.45, 7) is 4.27. The number of ketones is 1. The molecule has 3 rings (SSSR count). The van der Waals surface area contributed by atoms with Crippen molar-refractivity contribution in [3.05, 3.63) is 52.7 Å². The van der Waals surface area contributed by atoms with E-state index in [-0.39, 0.29) is 29.7 Å². The van der Waals surface area contributed by atoms with Crippen LogP contribution in [0.1, 0.15) is 45.0 Å². The first-order chi connectivity index (χ1) is 11.5. The van der Waals surface area contributed by atoms with Gasteiger partial charge in [-0.15, -0.1) is 0 Å². The molecule has 2 aromatic rings. The van der Waals surface area contributed by atoms with Crippen molar-refractivity contribution in [2.45, 2.75) is 26.7 Å². The second kappa shape index (κ2) is 6.55. The molecule has 6 heteroatoms. The Morgan fingerprint density at radius 1 is 1.29 bits per heavy atom. The van der Waals surface area contributed by atoms with Crippen LogP contribution in [0.2, 0.25) is 0 Å². The van der Waals surface area contributed by atoms with E-state index in [1.165, 1.54) is 12.1 Å². The zero-order chi connectivity index (χ0) is 17.3. The Hall–Kier alpha value is -2.50. The SMILES string of the molecule is Cc1noc(C)c1C(=O)N1CCC[C@@H](C(=O)c2ccccc2F)C1. The molecule has 1 amide bonds. The molecule has 1 aliphatic rings. The average Bonchev–Trinajstić information content (AvgIpc) is 2.93. The largest absolute Gasteiger partial charge is 0.361 e. The first-order valence-electron chi connectivity index (χ1n) is 8.00. The summed E-state index contributed by atoms with van der Waals surface area (Å²) in [5, 5.41) is 3.81. The zero-order valence-electron chi connectivity index (χ0n) is 13.7. The van der Waals surface area contributed by atoms with Crippen LogP contribution in [0.15, 0.2) is 28.8 Å². The lowest BCUT2D eigenvalue weighted by Crippen LogP contribution is -2.42. The van der Waals surface area contributed by atoms with Gasteiger partial charge in [0.2, 0.25) is 0 Å². The minimum Gasteiger partial charge on any atom is -0.361 e. The van der Waals surface area contributed by atoms with Crippen LogP contribution >= 0.6 is 0 Å². The Labute approximate surface area is 139 Å². The standard InChI is InChI=1S/C18H19FN2O3/c1-11-16(12(2)24-20-11)18(23)21-9-5-6-13(10-21)17(22)14-7-3-4-8-15(14)19/h3-4,7-8,13H,5-6,9-10H2,1-2H3/t13-/m1/s1. The van der Waals surface area contributed by atoms with E-state index in [0.717, 1.165) is 0 Å². The summed E-state index contributed by atoms with van der Waals surface area (Å²) in [4.78, 5) is 27.0. The molecule has 0 aliphatic carbocycles. The molecule has 0 saturated carbocycles. The van der Waals surface area contributed by atoms with Gasteiger partial charge in [0.25, 0.3) is 5.91 Å². The van der Waals surface area contributed by atoms with Crippen molar-refractivity contribution in [3.63, 3.8) is 0 Å². The van der Waals surface area contributed by atoms with Gasteiger partial charge in [0.1, 0.15) is 17.1 Å². The van der Waals surface area contributed by atoms with Gasteiger partial charge in [0, 0.05) is 19.0 Å². The molecule has 0 N–H and O–H groups in total. The van der Waals surface area contributed by atoms with Crippen LogP contribution in [0, 0.1) is 25.6 Å². The van der Waals surface area contributed by atoms with E-state index >= 15 is 0 Å². The van der Waals surface area contributed by atoms with E-state index in [4.69, 9.17) is 4.52 Å². The van der Waals surface area contributed by atoms with Gasteiger partial charge < -0.3 is 9.42 Å². The van der Waals surface area contributed by atoms with Crippen LogP contribution < -0.4 is 0 Å². The van der Waals surface area contributed by atoms with Gasteiger partial charge in [-0.3, -0.25) is 9.59 Å². The van der Waals surface area contributed by atoms with E-state index in [1.807, 2.05) is 0 Å². The lowest BCUT2D eigenvalue weighted by atomic mass is 9.89. The van der Waals surface area contributed by atoms with Crippen molar-refractivity contribution in [1.29, 1.82) is 0 Å². The highest BCUT2D eigenvalue weighted by Crippen LogP contribution is 2.25. The zero-order valence-corrected chi connectivity index (χ0v) is 13.7. The second-order valence-corrected chi connectivity index (χ2v) is 6.13. The number of nitrogens with zero attached hydrogens (tertiary/aromatic N) is 2. The first kappa shape index (κ1) is 16.4. The number of aryl methyl sites for hydroxylation is 2. The third kappa shape index (κ3) is 2.96. The summed E-state index contributed by atoms with van der Waals surface area (Å²) in [7, 11) is 0. The minimum absolute atomic E-state index is 0.0918. The molecule has 1 aromatic heterocycles. The molecule has 0 unspecified atom stereocenters. The van der Waals surface area contributed by atoms with Crippen molar-refractivity contribution in [1.82, 2.24) is 10.1 Å². The smallest absolute Gasteiger partial charge is 0.259 e. The van der Waals surface area contributed by atoms with E-state index in [9.17, 15) is 14.0 Å². The van der Waals surface area contributed by atoms with Gasteiger partial charge in [-0.2, -0.15) is 0 Å². The maximum Gasteiger partial charge on any atom is 0.259 e. The third-order valence-corrected chi connectivity index (χ3v) is 4.47. The lowest BCUT2D eigenvalue weighted by molar-refractivity contribution is 0.0634. The minimum atomic E-state index is -0.517. The number of benzene rings is 1. The molecule has 5 nitrogen and oxygen atoms in total. The molecule has 24 heavy (non-hydrogen) atoms. The number of halogens is 1. The Kier molecular flexibility index (Phi) is 4.46. The van der Waals surface area contributed by atoms with E-state index in [2.05, 4.69) is 5.16 Å². The van der Waals surface area contributed by atoms with Crippen molar-refractivity contribution in [2.24, 2.45) is 5.92 Å². The van der Waals surface area contributed by atoms with Crippen LogP contribution in [0.5, 0.6) is 0 Å². The summed E-state index contributed by atoms with van der Waals surface area (Å²) in [5.41, 5.74) is 1.09. The molecule has 2 heterocycles. The maximum absolute atomic E-state index is 13.9. The summed E-state index contributed by atoms with van der Waals surface area (Å²) in [5.74, 6) is -0.863. The molecular weight excluding hydrogens is 311 g/mol. The fourth-order valence-corrected chi connectivity index (χ4v) is 3.20. The van der Waals surface area contributed by atoms with Crippen molar-refractivity contribution in [3.8, 4) is 0 Å². The highest BCUT2D eigenvalue weighted by atomic mass is 19.1. The number of carbonyl (C=O) groups excluding carboxylic acids is 2. The Balaban J connectivity index is 1.79. The number of hydrogen-bond donors (Lipinski definition) is 0. The molecule has 1 aliphatic heterocycles. The fourth-order valence-electron chi connectivity index (χ4n) is 3.20. The van der Waals surface area contributed by atoms with Gasteiger partial charge in [0.05, 0.1) is 11.3 Å². The number of piperidine rings is 1. The van der Waals surface area contributed by atoms with Gasteiger partial charge >= 0.3 is 0 Å². The number of rotatable bonds is 3. The number of carbonyl (C=O) groups is 2. The molecule has 1 fully saturated rings. The summed E-state index contributed by atoms with van der Waals surface area (Å²) in [6, 6.07) is 5.97. The summed E-state index contributed by atoms with van der Waals surface area (Å²) >= 11 is 0. The molecule has 0 bridgehead atoms. The predicted octanol–water partition coefficient (Wildman–Crippen LogP) is 3.17. The van der Waals surface area contributed by atoms with Gasteiger partial charge in [-0.1, -0.05) is 17.3 Å². The lowest BCUT2D eigenvalue weighted by Gasteiger charge is -2.32. The molecule has 1 aromatic carbocycles. The quantitative estimate of drug-likeness (QED) is 0.811. The molecule has 1 atom stereocenters.